The molecule has 0 aromatic carbocycles. The Bertz CT molecular complexity index is 1040. The van der Waals surface area contributed by atoms with Gasteiger partial charge >= 0.3 is 11.9 Å². The molecule has 0 aliphatic carbocycles. The molecule has 0 amide bonds. The molecular formula is C45H84NO8P. The Hall–Kier alpha value is -1.77. The lowest BCUT2D eigenvalue weighted by Crippen LogP contribution is -2.37. The maximum atomic E-state index is 12.7. The average Bonchev–Trinajstić information content (AvgIpc) is 3.13. The highest BCUT2D eigenvalue weighted by atomic mass is 31.2. The van der Waals surface area contributed by atoms with Crippen molar-refractivity contribution < 1.29 is 42.1 Å². The Morgan fingerprint density at radius 3 is 1.55 bits per heavy atom. The number of ether oxygens (including phenoxy) is 2. The molecule has 2 atom stereocenters. The van der Waals surface area contributed by atoms with Crippen LogP contribution in [-0.2, 0) is 32.7 Å². The number of carbonyl (C=O) groups excluding carboxylic acids is 2. The first-order valence-corrected chi connectivity index (χ1v) is 23.7. The van der Waals surface area contributed by atoms with Crippen LogP contribution in [0.2, 0.25) is 0 Å². The summed E-state index contributed by atoms with van der Waals surface area (Å²) in [6.45, 7) is 4.11. The predicted molar refractivity (Wildman–Crippen MR) is 227 cm³/mol. The normalized spacial score (nSPS) is 13.9. The first-order valence-electron chi connectivity index (χ1n) is 22.2. The van der Waals surface area contributed by atoms with Crippen LogP contribution in [0.1, 0.15) is 187 Å². The molecule has 0 saturated carbocycles. The summed E-state index contributed by atoms with van der Waals surface area (Å²) in [6, 6.07) is 0. The minimum atomic E-state index is -4.63. The third-order valence-corrected chi connectivity index (χ3v) is 10.4. The van der Waals surface area contributed by atoms with Crippen LogP contribution in [0.4, 0.5) is 0 Å². The summed E-state index contributed by atoms with van der Waals surface area (Å²) in [6.07, 6.45) is 41.6. The quantitative estimate of drug-likeness (QED) is 0.0198. The highest BCUT2D eigenvalue weighted by Crippen LogP contribution is 2.38. The molecule has 0 heterocycles. The van der Waals surface area contributed by atoms with Crippen LogP contribution in [0.3, 0.4) is 0 Å². The summed E-state index contributed by atoms with van der Waals surface area (Å²) in [4.78, 5) is 37.5. The number of nitrogens with zero attached hydrogens (tertiary/aromatic N) is 1. The van der Waals surface area contributed by atoms with Crippen molar-refractivity contribution in [2.45, 2.75) is 193 Å². The number of unbranched alkanes of at least 4 members (excludes halogenated alkanes) is 20. The molecule has 0 spiro atoms. The van der Waals surface area contributed by atoms with Gasteiger partial charge in [-0.05, 0) is 44.9 Å². The van der Waals surface area contributed by atoms with Gasteiger partial charge in [-0.3, -0.25) is 14.2 Å². The second-order valence-corrected chi connectivity index (χ2v) is 17.4. The van der Waals surface area contributed by atoms with E-state index in [9.17, 15) is 19.0 Å². The monoisotopic (exact) mass is 798 g/mol. The van der Waals surface area contributed by atoms with E-state index in [1.165, 1.54) is 83.5 Å². The number of phosphoric ester groups is 1. The van der Waals surface area contributed by atoms with Crippen LogP contribution in [0, 0.1) is 0 Å². The molecule has 9 nitrogen and oxygen atoms in total. The number of hydrogen-bond donors (Lipinski definition) is 0. The van der Waals surface area contributed by atoms with Gasteiger partial charge in [0.15, 0.2) is 6.10 Å². The standard InChI is InChI=1S/C45H84NO8P/c1-6-8-10-12-14-16-18-20-22-24-26-28-30-32-34-36-38-45(48)54-43(42-53-55(49,50)52-40-39-46(3,4)5)41-51-44(47)37-35-33-31-29-27-25-23-21-19-17-15-13-11-9-7-2/h9,11,15,17,21,23,43H,6-8,10,12-14,16,18-20,22,24-42H2,1-5H3/b11-9-,17-15-,23-21-/t43-/m1/s1. The molecule has 10 heteroatoms. The summed E-state index contributed by atoms with van der Waals surface area (Å²) in [5, 5.41) is 0. The van der Waals surface area contributed by atoms with E-state index in [4.69, 9.17) is 18.5 Å². The third kappa shape index (κ3) is 41.7. The van der Waals surface area contributed by atoms with E-state index in [1.807, 2.05) is 21.1 Å². The first kappa shape index (κ1) is 53.2. The number of phosphoric acid groups is 1. The second kappa shape index (κ2) is 37.8. The number of esters is 2. The van der Waals surface area contributed by atoms with Crippen molar-refractivity contribution in [3.8, 4) is 0 Å². The largest absolute Gasteiger partial charge is 0.756 e. The highest BCUT2D eigenvalue weighted by molar-refractivity contribution is 7.45. The van der Waals surface area contributed by atoms with Crippen molar-refractivity contribution in [3.63, 3.8) is 0 Å². The zero-order valence-corrected chi connectivity index (χ0v) is 37.0. The molecule has 0 aliphatic rings. The van der Waals surface area contributed by atoms with Crippen molar-refractivity contribution in [1.82, 2.24) is 0 Å². The molecule has 0 bridgehead atoms. The lowest BCUT2D eigenvalue weighted by Gasteiger charge is -2.28. The van der Waals surface area contributed by atoms with Crippen LogP contribution >= 0.6 is 7.82 Å². The lowest BCUT2D eigenvalue weighted by molar-refractivity contribution is -0.870. The van der Waals surface area contributed by atoms with Gasteiger partial charge in [0, 0.05) is 12.8 Å². The number of quaternary nitrogens is 1. The Morgan fingerprint density at radius 1 is 0.582 bits per heavy atom. The fourth-order valence-electron chi connectivity index (χ4n) is 5.96. The molecule has 0 N–H and O–H groups in total. The molecular weight excluding hydrogens is 713 g/mol. The molecule has 0 fully saturated rings. The SMILES string of the molecule is CC/C=C\C/C=C\C/C=C\CCCCCCCC(=O)OC[C@H](COP(=O)([O-])OCC[N+](C)(C)C)OC(=O)CCCCCCCCCCCCCCCCCC. The van der Waals surface area contributed by atoms with Crippen molar-refractivity contribution >= 4 is 19.8 Å². The van der Waals surface area contributed by atoms with E-state index in [0.717, 1.165) is 64.2 Å². The summed E-state index contributed by atoms with van der Waals surface area (Å²) >= 11 is 0. The van der Waals surface area contributed by atoms with Gasteiger partial charge in [0.05, 0.1) is 27.7 Å². The van der Waals surface area contributed by atoms with E-state index < -0.39 is 32.5 Å². The third-order valence-electron chi connectivity index (χ3n) is 9.42. The molecule has 1 unspecified atom stereocenters. The van der Waals surface area contributed by atoms with Crippen LogP contribution in [0.15, 0.2) is 36.5 Å². The van der Waals surface area contributed by atoms with Gasteiger partial charge in [-0.25, -0.2) is 0 Å². The minimum Gasteiger partial charge on any atom is -0.756 e. The van der Waals surface area contributed by atoms with Gasteiger partial charge in [0.1, 0.15) is 19.8 Å². The van der Waals surface area contributed by atoms with Gasteiger partial charge in [0.2, 0.25) is 0 Å². The number of likely N-dealkylation sites (N-methyl/N-ethyl adjacent to an activating group) is 1. The Kier molecular flexibility index (Phi) is 36.6. The van der Waals surface area contributed by atoms with Crippen LogP contribution < -0.4 is 4.89 Å². The van der Waals surface area contributed by atoms with E-state index in [0.29, 0.717) is 23.9 Å². The topological polar surface area (TPSA) is 111 Å². The van der Waals surface area contributed by atoms with Gasteiger partial charge in [0.25, 0.3) is 7.82 Å². The van der Waals surface area contributed by atoms with E-state index in [1.54, 1.807) is 0 Å². The van der Waals surface area contributed by atoms with Crippen molar-refractivity contribution in [1.29, 1.82) is 0 Å². The predicted octanol–water partition coefficient (Wildman–Crippen LogP) is 11.9. The summed E-state index contributed by atoms with van der Waals surface area (Å²) in [5.41, 5.74) is 0. The number of rotatable bonds is 40. The molecule has 0 saturated heterocycles. The van der Waals surface area contributed by atoms with Crippen molar-refractivity contribution in [3.05, 3.63) is 36.5 Å². The lowest BCUT2D eigenvalue weighted by atomic mass is 10.0. The highest BCUT2D eigenvalue weighted by Gasteiger charge is 2.21. The first-order chi connectivity index (χ1) is 26.5. The van der Waals surface area contributed by atoms with Gasteiger partial charge in [-0.1, -0.05) is 166 Å². The van der Waals surface area contributed by atoms with E-state index in [-0.39, 0.29) is 26.1 Å². The second-order valence-electron chi connectivity index (χ2n) is 16.0. The molecule has 0 aromatic heterocycles. The average molecular weight is 798 g/mol. The van der Waals surface area contributed by atoms with E-state index in [2.05, 4.69) is 50.3 Å². The summed E-state index contributed by atoms with van der Waals surface area (Å²) in [7, 11) is 1.16. The Labute approximate surface area is 338 Å². The smallest absolute Gasteiger partial charge is 0.306 e. The van der Waals surface area contributed by atoms with Gasteiger partial charge in [-0.15, -0.1) is 0 Å². The Morgan fingerprint density at radius 2 is 1.04 bits per heavy atom. The Balaban J connectivity index is 4.36. The van der Waals surface area contributed by atoms with Crippen LogP contribution in [-0.4, -0.2) is 70.0 Å². The van der Waals surface area contributed by atoms with Crippen LogP contribution in [0.5, 0.6) is 0 Å². The zero-order valence-electron chi connectivity index (χ0n) is 36.1. The fourth-order valence-corrected chi connectivity index (χ4v) is 6.69. The van der Waals surface area contributed by atoms with Gasteiger partial charge < -0.3 is 27.9 Å². The maximum absolute atomic E-state index is 12.7. The summed E-state index contributed by atoms with van der Waals surface area (Å²) < 4.78 is 33.9. The number of hydrogen-bond acceptors (Lipinski definition) is 8. The van der Waals surface area contributed by atoms with Crippen molar-refractivity contribution in [2.24, 2.45) is 0 Å². The van der Waals surface area contributed by atoms with Crippen molar-refractivity contribution in [2.75, 3.05) is 47.5 Å². The van der Waals surface area contributed by atoms with E-state index >= 15 is 0 Å². The number of carbonyl (C=O) groups is 2. The zero-order chi connectivity index (χ0) is 40.7. The maximum Gasteiger partial charge on any atom is 0.306 e. The molecule has 0 aromatic rings. The molecule has 0 rings (SSSR count). The molecule has 322 valence electrons. The molecule has 0 aliphatic heterocycles. The fraction of sp³-hybridized carbons (Fsp3) is 0.822. The van der Waals surface area contributed by atoms with Gasteiger partial charge in [-0.2, -0.15) is 0 Å². The molecule has 55 heavy (non-hydrogen) atoms. The summed E-state index contributed by atoms with van der Waals surface area (Å²) in [5.74, 6) is -0.850. The van der Waals surface area contributed by atoms with Crippen LogP contribution in [0.25, 0.3) is 0 Å². The number of allylic oxidation sites excluding steroid dienone is 6. The molecule has 0 radical (unpaired) electrons. The minimum absolute atomic E-state index is 0.0330.